The van der Waals surface area contributed by atoms with Gasteiger partial charge >= 0.3 is 6.61 Å². The molecule has 0 saturated carbocycles. The average molecular weight is 609 g/mol. The number of rotatable bonds is 10. The maximum absolute atomic E-state index is 13.4. The minimum Gasteiger partial charge on any atom is -0.433 e. The number of hydrogen-bond acceptors (Lipinski definition) is 9. The molecule has 1 saturated heterocycles. The highest BCUT2D eigenvalue weighted by molar-refractivity contribution is 7.92. The van der Waals surface area contributed by atoms with Crippen LogP contribution < -0.4 is 20.3 Å². The van der Waals surface area contributed by atoms with Gasteiger partial charge in [0.25, 0.3) is 0 Å². The molecule has 1 aliphatic rings. The molecule has 2 aromatic carbocycles. The van der Waals surface area contributed by atoms with Crippen LogP contribution in [0.4, 0.5) is 37.6 Å². The van der Waals surface area contributed by atoms with E-state index < -0.39 is 21.7 Å². The Labute approximate surface area is 244 Å². The summed E-state index contributed by atoms with van der Waals surface area (Å²) in [7, 11) is 0.524. The van der Waals surface area contributed by atoms with E-state index in [1.165, 1.54) is 12.3 Å². The molecule has 2 N–H and O–H groups in total. The second-order valence-electron chi connectivity index (χ2n) is 10.4. The number of nitrogens with zero attached hydrogens (tertiary/aromatic N) is 4. The fourth-order valence-corrected chi connectivity index (χ4v) is 6.11. The lowest BCUT2D eigenvalue weighted by molar-refractivity contribution is -0.0493. The highest BCUT2D eigenvalue weighted by Gasteiger charge is 2.25. The number of para-hydroxylation sites is 1. The Balaban J connectivity index is 1.63. The van der Waals surface area contributed by atoms with Gasteiger partial charge in [0, 0.05) is 30.9 Å². The topological polar surface area (TPSA) is 99.7 Å². The molecule has 1 aliphatic heterocycles. The summed E-state index contributed by atoms with van der Waals surface area (Å²) in [6, 6.07) is 10.3. The zero-order valence-corrected chi connectivity index (χ0v) is 25.2. The molecule has 0 radical (unpaired) electrons. The number of hydrogen-bond donors (Lipinski definition) is 2. The van der Waals surface area contributed by atoms with Crippen LogP contribution >= 0.6 is 11.6 Å². The fraction of sp³-hybridized carbons (Fsp3) is 0.429. The van der Waals surface area contributed by atoms with Gasteiger partial charge in [0.1, 0.15) is 5.02 Å². The quantitative estimate of drug-likeness (QED) is 0.277. The van der Waals surface area contributed by atoms with Crippen LogP contribution in [0.3, 0.4) is 0 Å². The summed E-state index contributed by atoms with van der Waals surface area (Å²) < 4.78 is 57.5. The summed E-state index contributed by atoms with van der Waals surface area (Å²) in [6.45, 7) is 3.68. The summed E-state index contributed by atoms with van der Waals surface area (Å²) in [5.74, 6) is 0.153. The summed E-state index contributed by atoms with van der Waals surface area (Å²) >= 11 is 6.34. The minimum absolute atomic E-state index is 0.0447. The van der Waals surface area contributed by atoms with Crippen molar-refractivity contribution in [2.45, 2.75) is 56.4 Å². The summed E-state index contributed by atoms with van der Waals surface area (Å²) in [4.78, 5) is 13.1. The molecule has 222 valence electrons. The molecule has 0 atom stereocenters. The number of ether oxygens (including phenoxy) is 1. The summed E-state index contributed by atoms with van der Waals surface area (Å²) in [6.07, 6.45) is 3.27. The molecule has 2 heterocycles. The maximum atomic E-state index is 13.4. The number of benzene rings is 2. The summed E-state index contributed by atoms with van der Waals surface area (Å²) in [5.41, 5.74) is 2.25. The first kappa shape index (κ1) is 30.7. The van der Waals surface area contributed by atoms with Crippen molar-refractivity contribution >= 4 is 50.3 Å². The van der Waals surface area contributed by atoms with Gasteiger partial charge in [-0.25, -0.2) is 13.4 Å². The van der Waals surface area contributed by atoms with Gasteiger partial charge in [-0.3, -0.25) is 0 Å². The van der Waals surface area contributed by atoms with Crippen molar-refractivity contribution in [2.24, 2.45) is 0 Å². The Morgan fingerprint density at radius 1 is 1.10 bits per heavy atom. The lowest BCUT2D eigenvalue weighted by atomic mass is 10.0. The van der Waals surface area contributed by atoms with Crippen molar-refractivity contribution < 1.29 is 21.9 Å². The van der Waals surface area contributed by atoms with Crippen molar-refractivity contribution in [1.29, 1.82) is 0 Å². The molecule has 0 bridgehead atoms. The normalized spacial score (nSPS) is 14.7. The van der Waals surface area contributed by atoms with Crippen LogP contribution in [0.15, 0.2) is 47.5 Å². The van der Waals surface area contributed by atoms with Gasteiger partial charge in [-0.05, 0) is 71.5 Å². The molecule has 3 aromatic rings. The number of aryl methyl sites for hydroxylation is 1. The lowest BCUT2D eigenvalue weighted by Crippen LogP contribution is -2.42. The molecule has 0 spiro atoms. The highest BCUT2D eigenvalue weighted by atomic mass is 35.5. The third-order valence-corrected chi connectivity index (χ3v) is 9.59. The Bertz CT molecular complexity index is 1480. The number of sulfone groups is 1. The zero-order valence-electron chi connectivity index (χ0n) is 23.7. The third-order valence-electron chi connectivity index (χ3n) is 7.11. The Morgan fingerprint density at radius 2 is 1.78 bits per heavy atom. The molecule has 13 heteroatoms. The molecule has 9 nitrogen and oxygen atoms in total. The van der Waals surface area contributed by atoms with E-state index in [0.717, 1.165) is 37.2 Å². The second kappa shape index (κ2) is 12.7. The highest BCUT2D eigenvalue weighted by Crippen LogP contribution is 2.37. The Kier molecular flexibility index (Phi) is 9.55. The van der Waals surface area contributed by atoms with Gasteiger partial charge in [-0.1, -0.05) is 23.7 Å². The maximum Gasteiger partial charge on any atom is 0.387 e. The molecule has 1 aromatic heterocycles. The van der Waals surface area contributed by atoms with E-state index in [9.17, 15) is 17.2 Å². The van der Waals surface area contributed by atoms with E-state index in [4.69, 9.17) is 16.3 Å². The number of halogens is 3. The van der Waals surface area contributed by atoms with E-state index in [-0.39, 0.29) is 33.1 Å². The molecule has 41 heavy (non-hydrogen) atoms. The third kappa shape index (κ3) is 7.17. The fourth-order valence-electron chi connectivity index (χ4n) is 4.77. The predicted molar refractivity (Wildman–Crippen MR) is 159 cm³/mol. The largest absolute Gasteiger partial charge is 0.433 e. The Morgan fingerprint density at radius 3 is 2.41 bits per heavy atom. The SMILES string of the molecule is Cc1cc(Nc2ncc(Cl)c(Nc3ccccc3S(=O)(=O)C(C)C)n2)c(OC(F)F)cc1N1CCC(N(C)C)CC1. The Hall–Kier alpha value is -3.22. The van der Waals surface area contributed by atoms with Crippen molar-refractivity contribution in [3.05, 3.63) is 53.2 Å². The van der Waals surface area contributed by atoms with E-state index in [1.807, 2.05) is 6.92 Å². The van der Waals surface area contributed by atoms with Gasteiger partial charge in [0.05, 0.1) is 27.7 Å². The zero-order chi connectivity index (χ0) is 29.9. The number of nitrogens with one attached hydrogen (secondary N) is 2. The van der Waals surface area contributed by atoms with Crippen LogP contribution in [0.25, 0.3) is 0 Å². The van der Waals surface area contributed by atoms with E-state index in [0.29, 0.717) is 11.7 Å². The first-order chi connectivity index (χ1) is 19.4. The van der Waals surface area contributed by atoms with Crippen LogP contribution in [0.2, 0.25) is 5.02 Å². The second-order valence-corrected chi connectivity index (χ2v) is 13.3. The van der Waals surface area contributed by atoms with Gasteiger partial charge in [-0.15, -0.1) is 0 Å². The number of piperidine rings is 1. The summed E-state index contributed by atoms with van der Waals surface area (Å²) in [5, 5.41) is 5.46. The molecule has 0 aliphatic carbocycles. The van der Waals surface area contributed by atoms with Gasteiger partial charge in [0.15, 0.2) is 21.4 Å². The molecular formula is C28H35ClF2N6O3S. The number of aromatic nitrogens is 2. The van der Waals surface area contributed by atoms with Gasteiger partial charge in [-0.2, -0.15) is 13.8 Å². The van der Waals surface area contributed by atoms with Crippen molar-refractivity contribution in [3.8, 4) is 5.75 Å². The van der Waals surface area contributed by atoms with Crippen LogP contribution in [-0.4, -0.2) is 68.4 Å². The molecule has 0 amide bonds. The number of anilines is 5. The smallest absolute Gasteiger partial charge is 0.387 e. The van der Waals surface area contributed by atoms with Crippen LogP contribution in [-0.2, 0) is 9.84 Å². The molecular weight excluding hydrogens is 574 g/mol. The first-order valence-corrected chi connectivity index (χ1v) is 15.2. The van der Waals surface area contributed by atoms with Crippen LogP contribution in [0.1, 0.15) is 32.3 Å². The van der Waals surface area contributed by atoms with Gasteiger partial charge < -0.3 is 25.2 Å². The molecule has 0 unspecified atom stereocenters. The standard InChI is InChI=1S/C28H35ClF2N6O3S/c1-17(2)41(38,39)25-9-7-6-8-21(25)33-26-20(29)16-32-28(35-26)34-22-14-18(3)23(15-24(22)40-27(30)31)37-12-10-19(11-13-37)36(4)5/h6-9,14-17,19,27H,10-13H2,1-5H3,(H2,32,33,34,35). The average Bonchev–Trinajstić information content (AvgIpc) is 2.92. The van der Waals surface area contributed by atoms with E-state index in [1.54, 1.807) is 44.2 Å². The van der Waals surface area contributed by atoms with Crippen LogP contribution in [0, 0.1) is 6.92 Å². The predicted octanol–water partition coefficient (Wildman–Crippen LogP) is 6.24. The monoisotopic (exact) mass is 608 g/mol. The van der Waals surface area contributed by atoms with Crippen molar-refractivity contribution in [2.75, 3.05) is 42.7 Å². The van der Waals surface area contributed by atoms with E-state index in [2.05, 4.69) is 44.5 Å². The minimum atomic E-state index is -3.60. The first-order valence-electron chi connectivity index (χ1n) is 13.3. The molecule has 1 fully saturated rings. The lowest BCUT2D eigenvalue weighted by Gasteiger charge is -2.37. The van der Waals surface area contributed by atoms with E-state index >= 15 is 0 Å². The van der Waals surface area contributed by atoms with Crippen molar-refractivity contribution in [3.63, 3.8) is 0 Å². The number of alkyl halides is 2. The van der Waals surface area contributed by atoms with Gasteiger partial charge in [0.2, 0.25) is 5.95 Å². The van der Waals surface area contributed by atoms with Crippen molar-refractivity contribution in [1.82, 2.24) is 14.9 Å². The van der Waals surface area contributed by atoms with Crippen LogP contribution in [0.5, 0.6) is 5.75 Å². The molecule has 4 rings (SSSR count).